The van der Waals surface area contributed by atoms with Crippen LogP contribution in [-0.4, -0.2) is 53.3 Å². The minimum absolute atomic E-state index is 0.195. The number of benzene rings is 2. The summed E-state index contributed by atoms with van der Waals surface area (Å²) in [6.45, 7) is 10.1. The second-order valence-corrected chi connectivity index (χ2v) is 13.2. The van der Waals surface area contributed by atoms with Crippen LogP contribution >= 0.6 is 27.3 Å². The Morgan fingerprint density at radius 1 is 1.12 bits per heavy atom. The molecule has 0 aliphatic carbocycles. The molecule has 1 unspecified atom stereocenters. The highest BCUT2D eigenvalue weighted by Gasteiger charge is 2.42. The summed E-state index contributed by atoms with van der Waals surface area (Å²) in [6.07, 6.45) is 1.28. The zero-order valence-electron chi connectivity index (χ0n) is 24.3. The van der Waals surface area contributed by atoms with Crippen molar-refractivity contribution in [3.05, 3.63) is 69.3 Å². The van der Waals surface area contributed by atoms with Crippen LogP contribution in [0.25, 0.3) is 10.4 Å². The number of amides is 3. The van der Waals surface area contributed by atoms with Gasteiger partial charge in [-0.25, -0.2) is 4.98 Å². The van der Waals surface area contributed by atoms with Crippen LogP contribution in [0.4, 0.5) is 0 Å². The van der Waals surface area contributed by atoms with Gasteiger partial charge in [-0.15, -0.1) is 11.3 Å². The molecule has 218 valence electrons. The molecule has 4 rings (SSSR count). The van der Waals surface area contributed by atoms with E-state index >= 15 is 0 Å². The van der Waals surface area contributed by atoms with Crippen molar-refractivity contribution in [3.63, 3.8) is 0 Å². The molecule has 0 saturated carbocycles. The van der Waals surface area contributed by atoms with Gasteiger partial charge in [-0.1, -0.05) is 61.0 Å². The SMILES string of the molecule is COc1cc(Br)ccc1C(=O)NC(C(=O)N1CCC[C@H]1C(=O)N[C@@H](C)c1ccc(-c2scnc2C)cc1)C(C)(C)C. The minimum Gasteiger partial charge on any atom is -0.496 e. The van der Waals surface area contributed by atoms with Gasteiger partial charge in [-0.05, 0) is 61.4 Å². The first kappa shape index (κ1) is 30.7. The fraction of sp³-hybridized carbons (Fsp3) is 0.419. The van der Waals surface area contributed by atoms with Crippen LogP contribution in [0, 0.1) is 12.3 Å². The van der Waals surface area contributed by atoms with Crippen molar-refractivity contribution in [2.24, 2.45) is 5.41 Å². The van der Waals surface area contributed by atoms with Gasteiger partial charge in [-0.3, -0.25) is 14.4 Å². The molecule has 0 bridgehead atoms. The maximum absolute atomic E-state index is 13.9. The summed E-state index contributed by atoms with van der Waals surface area (Å²) in [6, 6.07) is 11.5. The monoisotopic (exact) mass is 640 g/mol. The number of aryl methyl sites for hydroxylation is 1. The second kappa shape index (κ2) is 12.7. The molecule has 0 spiro atoms. The van der Waals surface area contributed by atoms with Crippen LogP contribution in [0.1, 0.15) is 68.2 Å². The number of aromatic nitrogens is 1. The molecular weight excluding hydrogens is 604 g/mol. The molecule has 1 fully saturated rings. The minimum atomic E-state index is -0.836. The average Bonchev–Trinajstić information content (AvgIpc) is 3.60. The van der Waals surface area contributed by atoms with E-state index in [-0.39, 0.29) is 17.9 Å². The number of rotatable bonds is 8. The first-order valence-corrected chi connectivity index (χ1v) is 15.3. The predicted octanol–water partition coefficient (Wildman–Crippen LogP) is 5.90. The maximum Gasteiger partial charge on any atom is 0.255 e. The van der Waals surface area contributed by atoms with E-state index in [1.54, 1.807) is 34.4 Å². The smallest absolute Gasteiger partial charge is 0.255 e. The summed E-state index contributed by atoms with van der Waals surface area (Å²) in [5.41, 5.74) is 4.64. The van der Waals surface area contributed by atoms with Gasteiger partial charge in [0.1, 0.15) is 17.8 Å². The Hall–Kier alpha value is -3.24. The quantitative estimate of drug-likeness (QED) is 0.319. The zero-order chi connectivity index (χ0) is 29.9. The zero-order valence-corrected chi connectivity index (χ0v) is 26.7. The molecule has 3 aromatic rings. The van der Waals surface area contributed by atoms with E-state index in [1.165, 1.54) is 7.11 Å². The third kappa shape index (κ3) is 6.98. The van der Waals surface area contributed by atoms with E-state index in [0.29, 0.717) is 30.7 Å². The molecule has 3 atom stereocenters. The van der Waals surface area contributed by atoms with E-state index in [9.17, 15) is 14.4 Å². The fourth-order valence-electron chi connectivity index (χ4n) is 5.07. The van der Waals surface area contributed by atoms with E-state index < -0.39 is 23.4 Å². The lowest BCUT2D eigenvalue weighted by Crippen LogP contribution is -2.57. The number of hydrogen-bond acceptors (Lipinski definition) is 6. The van der Waals surface area contributed by atoms with E-state index in [4.69, 9.17) is 4.74 Å². The van der Waals surface area contributed by atoms with Gasteiger partial charge in [0.15, 0.2) is 0 Å². The van der Waals surface area contributed by atoms with E-state index in [1.807, 2.05) is 64.4 Å². The number of carbonyl (C=O) groups is 3. The van der Waals surface area contributed by atoms with Crippen molar-refractivity contribution in [1.29, 1.82) is 0 Å². The molecule has 0 radical (unpaired) electrons. The number of methoxy groups -OCH3 is 1. The summed E-state index contributed by atoms with van der Waals surface area (Å²) in [4.78, 5) is 47.7. The van der Waals surface area contributed by atoms with Crippen LogP contribution in [0.2, 0.25) is 0 Å². The summed E-state index contributed by atoms with van der Waals surface area (Å²) in [5, 5.41) is 6.03. The highest BCUT2D eigenvalue weighted by molar-refractivity contribution is 9.10. The van der Waals surface area contributed by atoms with Gasteiger partial charge in [0.2, 0.25) is 11.8 Å². The summed E-state index contributed by atoms with van der Waals surface area (Å²) >= 11 is 4.99. The number of carbonyl (C=O) groups excluding carboxylic acids is 3. The Bertz CT molecular complexity index is 1420. The van der Waals surface area contributed by atoms with Crippen molar-refractivity contribution >= 4 is 45.0 Å². The molecule has 10 heteroatoms. The summed E-state index contributed by atoms with van der Waals surface area (Å²) in [7, 11) is 1.50. The van der Waals surface area contributed by atoms with Gasteiger partial charge < -0.3 is 20.3 Å². The fourth-order valence-corrected chi connectivity index (χ4v) is 6.23. The number of hydrogen-bond donors (Lipinski definition) is 2. The molecule has 1 aliphatic rings. The van der Waals surface area contributed by atoms with Crippen LogP contribution < -0.4 is 15.4 Å². The Morgan fingerprint density at radius 2 is 1.83 bits per heavy atom. The normalized spacial score (nSPS) is 16.7. The Labute approximate surface area is 254 Å². The van der Waals surface area contributed by atoms with Crippen molar-refractivity contribution in [2.75, 3.05) is 13.7 Å². The van der Waals surface area contributed by atoms with E-state index in [0.717, 1.165) is 26.2 Å². The molecule has 1 saturated heterocycles. The molecule has 1 aliphatic heterocycles. The van der Waals surface area contributed by atoms with Gasteiger partial charge in [0, 0.05) is 11.0 Å². The lowest BCUT2D eigenvalue weighted by molar-refractivity contribution is -0.142. The first-order chi connectivity index (χ1) is 19.4. The number of thiazole rings is 1. The van der Waals surface area contributed by atoms with Gasteiger partial charge in [0.25, 0.3) is 5.91 Å². The van der Waals surface area contributed by atoms with Crippen LogP contribution in [0.15, 0.2) is 52.4 Å². The second-order valence-electron chi connectivity index (χ2n) is 11.4. The predicted molar refractivity (Wildman–Crippen MR) is 165 cm³/mol. The van der Waals surface area contributed by atoms with Crippen molar-refractivity contribution in [3.8, 4) is 16.2 Å². The lowest BCUT2D eigenvalue weighted by atomic mass is 9.85. The third-order valence-corrected chi connectivity index (χ3v) is 8.88. The Kier molecular flexibility index (Phi) is 9.54. The highest BCUT2D eigenvalue weighted by atomic mass is 79.9. The van der Waals surface area contributed by atoms with E-state index in [2.05, 4.69) is 31.5 Å². The first-order valence-electron chi connectivity index (χ1n) is 13.7. The molecule has 3 amide bonds. The Morgan fingerprint density at radius 3 is 2.44 bits per heavy atom. The number of ether oxygens (including phenoxy) is 1. The molecule has 2 N–H and O–H groups in total. The van der Waals surface area contributed by atoms with Crippen LogP contribution in [-0.2, 0) is 9.59 Å². The molecule has 2 heterocycles. The van der Waals surface area contributed by atoms with Gasteiger partial charge in [0.05, 0.1) is 34.8 Å². The van der Waals surface area contributed by atoms with Gasteiger partial charge in [-0.2, -0.15) is 0 Å². The van der Waals surface area contributed by atoms with Crippen molar-refractivity contribution < 1.29 is 19.1 Å². The molecule has 41 heavy (non-hydrogen) atoms. The number of nitrogens with zero attached hydrogens (tertiary/aromatic N) is 2. The lowest BCUT2D eigenvalue weighted by Gasteiger charge is -2.35. The number of halogens is 1. The van der Waals surface area contributed by atoms with Gasteiger partial charge >= 0.3 is 0 Å². The third-order valence-electron chi connectivity index (χ3n) is 7.41. The van der Waals surface area contributed by atoms with Crippen molar-refractivity contribution in [1.82, 2.24) is 20.5 Å². The molecular formula is C31H37BrN4O4S. The maximum atomic E-state index is 13.9. The highest BCUT2D eigenvalue weighted by Crippen LogP contribution is 2.30. The number of nitrogens with one attached hydrogen (secondary N) is 2. The topological polar surface area (TPSA) is 101 Å². The number of likely N-dealkylation sites (tertiary alicyclic amines) is 1. The largest absolute Gasteiger partial charge is 0.496 e. The molecule has 1 aromatic heterocycles. The van der Waals surface area contributed by atoms with Crippen LogP contribution in [0.3, 0.4) is 0 Å². The summed E-state index contributed by atoms with van der Waals surface area (Å²) in [5.74, 6) is -0.469. The van der Waals surface area contributed by atoms with Crippen LogP contribution in [0.5, 0.6) is 5.75 Å². The molecule has 2 aromatic carbocycles. The summed E-state index contributed by atoms with van der Waals surface area (Å²) < 4.78 is 6.16. The average molecular weight is 642 g/mol. The standard InChI is InChI=1S/C31H37BrN4O4S/c1-18(20-9-11-21(12-10-20)26-19(2)33-17-41-26)34-29(38)24-8-7-15-36(24)30(39)27(31(3,4)5)35-28(37)23-14-13-22(32)16-25(23)40-6/h9-14,16-18,24,27H,7-8,15H2,1-6H3,(H,34,38)(H,35,37)/t18-,24-,27?/m0/s1. The van der Waals surface area contributed by atoms with Crippen molar-refractivity contribution in [2.45, 2.75) is 65.6 Å². The molecule has 8 nitrogen and oxygen atoms in total. The Balaban J connectivity index is 1.46.